The van der Waals surface area contributed by atoms with Gasteiger partial charge in [0.2, 0.25) is 0 Å². The van der Waals surface area contributed by atoms with Gasteiger partial charge < -0.3 is 9.47 Å². The van der Waals surface area contributed by atoms with Crippen LogP contribution in [-0.2, 0) is 0 Å². The first kappa shape index (κ1) is 13.0. The highest BCUT2D eigenvalue weighted by Crippen LogP contribution is 2.17. The molecule has 21 heavy (non-hydrogen) atoms. The van der Waals surface area contributed by atoms with Crippen LogP contribution in [0.2, 0.25) is 0 Å². The van der Waals surface area contributed by atoms with Crippen molar-refractivity contribution >= 4 is 11.7 Å². The number of aromatic nitrogens is 4. The van der Waals surface area contributed by atoms with E-state index in [2.05, 4.69) is 15.1 Å². The fraction of sp³-hybridized carbons (Fsp3) is 0.143. The molecule has 0 bridgehead atoms. The van der Waals surface area contributed by atoms with Crippen molar-refractivity contribution in [1.29, 1.82) is 0 Å². The third kappa shape index (κ3) is 2.53. The fourth-order valence-corrected chi connectivity index (χ4v) is 1.79. The van der Waals surface area contributed by atoms with Gasteiger partial charge in [-0.05, 0) is 37.3 Å². The molecule has 1 aromatic carbocycles. The zero-order chi connectivity index (χ0) is 14.8. The Kier molecular flexibility index (Phi) is 3.23. The molecule has 0 saturated heterocycles. The van der Waals surface area contributed by atoms with E-state index in [1.54, 1.807) is 43.6 Å². The standard InChI is InChI=1S/C14H12N4O3/c1-9-7-8-15-14-16-12(17-18(9)14)13(19)21-11-5-3-10(20-2)4-6-11/h3-8H,1-2H3. The van der Waals surface area contributed by atoms with Crippen LogP contribution < -0.4 is 9.47 Å². The Hall–Kier alpha value is -2.96. The van der Waals surface area contributed by atoms with Crippen molar-refractivity contribution < 1.29 is 14.3 Å². The third-order valence-corrected chi connectivity index (χ3v) is 2.88. The molecular weight excluding hydrogens is 272 g/mol. The summed E-state index contributed by atoms with van der Waals surface area (Å²) in [6.45, 7) is 1.85. The predicted molar refractivity (Wildman–Crippen MR) is 73.5 cm³/mol. The van der Waals surface area contributed by atoms with E-state index in [0.29, 0.717) is 17.3 Å². The number of hydrogen-bond acceptors (Lipinski definition) is 6. The molecule has 106 valence electrons. The zero-order valence-corrected chi connectivity index (χ0v) is 11.5. The summed E-state index contributed by atoms with van der Waals surface area (Å²) in [6, 6.07) is 8.45. The highest BCUT2D eigenvalue weighted by molar-refractivity contribution is 5.87. The monoisotopic (exact) mass is 284 g/mol. The molecule has 0 aliphatic heterocycles. The average Bonchev–Trinajstić information content (AvgIpc) is 2.94. The van der Waals surface area contributed by atoms with Gasteiger partial charge in [0, 0.05) is 11.9 Å². The van der Waals surface area contributed by atoms with E-state index >= 15 is 0 Å². The number of rotatable bonds is 3. The van der Waals surface area contributed by atoms with Gasteiger partial charge in [-0.1, -0.05) is 0 Å². The topological polar surface area (TPSA) is 78.6 Å². The summed E-state index contributed by atoms with van der Waals surface area (Å²) in [6.07, 6.45) is 1.61. The van der Waals surface area contributed by atoms with Crippen LogP contribution in [0, 0.1) is 6.92 Å². The van der Waals surface area contributed by atoms with E-state index in [0.717, 1.165) is 5.69 Å². The summed E-state index contributed by atoms with van der Waals surface area (Å²) >= 11 is 0. The largest absolute Gasteiger partial charge is 0.497 e. The van der Waals surface area contributed by atoms with Gasteiger partial charge in [-0.25, -0.2) is 14.3 Å². The lowest BCUT2D eigenvalue weighted by Crippen LogP contribution is -2.10. The molecule has 0 aliphatic rings. The molecule has 3 rings (SSSR count). The lowest BCUT2D eigenvalue weighted by Gasteiger charge is -2.02. The average molecular weight is 284 g/mol. The van der Waals surface area contributed by atoms with Crippen LogP contribution in [0.1, 0.15) is 16.3 Å². The summed E-state index contributed by atoms with van der Waals surface area (Å²) in [4.78, 5) is 20.1. The normalized spacial score (nSPS) is 10.6. The van der Waals surface area contributed by atoms with Gasteiger partial charge in [-0.3, -0.25) is 0 Å². The number of methoxy groups -OCH3 is 1. The molecule has 2 heterocycles. The molecule has 2 aromatic heterocycles. The number of nitrogens with zero attached hydrogens (tertiary/aromatic N) is 4. The molecule has 0 unspecified atom stereocenters. The molecule has 7 nitrogen and oxygen atoms in total. The van der Waals surface area contributed by atoms with Crippen LogP contribution in [0.3, 0.4) is 0 Å². The molecule has 0 atom stereocenters. The number of carbonyl (C=O) groups is 1. The molecule has 0 fully saturated rings. The van der Waals surface area contributed by atoms with E-state index in [9.17, 15) is 4.79 Å². The second-order valence-electron chi connectivity index (χ2n) is 4.30. The van der Waals surface area contributed by atoms with Gasteiger partial charge in [0.25, 0.3) is 11.6 Å². The van der Waals surface area contributed by atoms with Crippen molar-refractivity contribution in [2.24, 2.45) is 0 Å². The van der Waals surface area contributed by atoms with Crippen molar-refractivity contribution in [3.63, 3.8) is 0 Å². The zero-order valence-electron chi connectivity index (χ0n) is 11.5. The molecule has 0 aliphatic carbocycles. The maximum Gasteiger partial charge on any atom is 0.383 e. The van der Waals surface area contributed by atoms with Crippen LogP contribution in [0.15, 0.2) is 36.5 Å². The number of aryl methyl sites for hydroxylation is 1. The molecule has 0 saturated carbocycles. The Bertz CT molecular complexity index is 796. The molecule has 3 aromatic rings. The lowest BCUT2D eigenvalue weighted by atomic mass is 10.3. The van der Waals surface area contributed by atoms with Gasteiger partial charge in [0.05, 0.1) is 7.11 Å². The molecule has 0 N–H and O–H groups in total. The quantitative estimate of drug-likeness (QED) is 0.537. The molecule has 0 amide bonds. The van der Waals surface area contributed by atoms with Crippen LogP contribution >= 0.6 is 0 Å². The van der Waals surface area contributed by atoms with E-state index in [1.807, 2.05) is 6.92 Å². The molecular formula is C14H12N4O3. The minimum atomic E-state index is -0.634. The second kappa shape index (κ2) is 5.20. The summed E-state index contributed by atoms with van der Waals surface area (Å²) in [7, 11) is 1.57. The fourth-order valence-electron chi connectivity index (χ4n) is 1.79. The van der Waals surface area contributed by atoms with Gasteiger partial charge in [0.15, 0.2) is 0 Å². The number of ether oxygens (including phenoxy) is 2. The highest BCUT2D eigenvalue weighted by atomic mass is 16.5. The van der Waals surface area contributed by atoms with E-state index in [-0.39, 0.29) is 5.82 Å². The Labute approximate surface area is 120 Å². The first-order valence-corrected chi connectivity index (χ1v) is 6.22. The number of esters is 1. The lowest BCUT2D eigenvalue weighted by molar-refractivity contribution is 0.0722. The highest BCUT2D eigenvalue weighted by Gasteiger charge is 2.16. The van der Waals surface area contributed by atoms with Gasteiger partial charge >= 0.3 is 5.97 Å². The smallest absolute Gasteiger partial charge is 0.383 e. The van der Waals surface area contributed by atoms with Crippen molar-refractivity contribution in [1.82, 2.24) is 19.6 Å². The van der Waals surface area contributed by atoms with Crippen molar-refractivity contribution in [2.45, 2.75) is 6.92 Å². The van der Waals surface area contributed by atoms with Crippen molar-refractivity contribution in [3.05, 3.63) is 48.0 Å². The first-order valence-electron chi connectivity index (χ1n) is 6.22. The Morgan fingerprint density at radius 2 is 1.86 bits per heavy atom. The molecule has 0 spiro atoms. The van der Waals surface area contributed by atoms with E-state index in [4.69, 9.17) is 9.47 Å². The number of benzene rings is 1. The summed E-state index contributed by atoms with van der Waals surface area (Å²) in [5, 5.41) is 4.09. The summed E-state index contributed by atoms with van der Waals surface area (Å²) in [5.41, 5.74) is 0.830. The van der Waals surface area contributed by atoms with Gasteiger partial charge in [-0.2, -0.15) is 4.98 Å². The Morgan fingerprint density at radius 1 is 1.14 bits per heavy atom. The summed E-state index contributed by atoms with van der Waals surface area (Å²) in [5.74, 6) is 0.763. The van der Waals surface area contributed by atoms with Crippen molar-refractivity contribution in [2.75, 3.05) is 7.11 Å². The van der Waals surface area contributed by atoms with Crippen molar-refractivity contribution in [3.8, 4) is 11.5 Å². The summed E-state index contributed by atoms with van der Waals surface area (Å²) < 4.78 is 11.7. The molecule has 7 heteroatoms. The Morgan fingerprint density at radius 3 is 2.52 bits per heavy atom. The second-order valence-corrected chi connectivity index (χ2v) is 4.30. The van der Waals surface area contributed by atoms with Gasteiger partial charge in [-0.15, -0.1) is 5.10 Å². The Balaban J connectivity index is 1.84. The first-order chi connectivity index (χ1) is 10.2. The minimum Gasteiger partial charge on any atom is -0.497 e. The van der Waals surface area contributed by atoms with Crippen LogP contribution in [0.4, 0.5) is 0 Å². The van der Waals surface area contributed by atoms with E-state index in [1.165, 1.54) is 4.52 Å². The van der Waals surface area contributed by atoms with Crippen LogP contribution in [-0.4, -0.2) is 32.7 Å². The maximum atomic E-state index is 12.0. The van der Waals surface area contributed by atoms with Crippen LogP contribution in [0.5, 0.6) is 11.5 Å². The molecule has 0 radical (unpaired) electrons. The SMILES string of the molecule is COc1ccc(OC(=O)c2nc3nccc(C)n3n2)cc1. The third-order valence-electron chi connectivity index (χ3n) is 2.88. The van der Waals surface area contributed by atoms with E-state index < -0.39 is 5.97 Å². The van der Waals surface area contributed by atoms with Gasteiger partial charge in [0.1, 0.15) is 11.5 Å². The number of carbonyl (C=O) groups excluding carboxylic acids is 1. The maximum absolute atomic E-state index is 12.0. The minimum absolute atomic E-state index is 0.0346. The number of hydrogen-bond donors (Lipinski definition) is 0. The van der Waals surface area contributed by atoms with Crippen LogP contribution in [0.25, 0.3) is 5.78 Å². The predicted octanol–water partition coefficient (Wildman–Crippen LogP) is 1.66. The number of fused-ring (bicyclic) bond motifs is 1.